The normalized spacial score (nSPS) is 17.5. The Bertz CT molecular complexity index is 404. The highest BCUT2D eigenvalue weighted by molar-refractivity contribution is 5.46. The Morgan fingerprint density at radius 2 is 2.28 bits per heavy atom. The predicted molar refractivity (Wildman–Crippen MR) is 76.9 cm³/mol. The minimum atomic E-state index is 0.363. The summed E-state index contributed by atoms with van der Waals surface area (Å²) < 4.78 is 0. The van der Waals surface area contributed by atoms with Crippen LogP contribution < -0.4 is 10.2 Å². The fraction of sp³-hybridized carbons (Fsp3) is 0.533. The van der Waals surface area contributed by atoms with Gasteiger partial charge in [-0.2, -0.15) is 0 Å². The standard InChI is InChI=1S/C15H23N3/c1-4-14(16-3)15-6-5-13(11-17-15)18-9-7-12(2)8-10-18/h5-7,11,14,16H,4,8-10H2,1-3H3. The summed E-state index contributed by atoms with van der Waals surface area (Å²) in [6.45, 7) is 6.50. The Balaban J connectivity index is 2.08. The lowest BCUT2D eigenvalue weighted by molar-refractivity contribution is 0.561. The largest absolute Gasteiger partial charge is 0.366 e. The third kappa shape index (κ3) is 2.91. The first-order valence-corrected chi connectivity index (χ1v) is 6.78. The van der Waals surface area contributed by atoms with Crippen LogP contribution in [-0.2, 0) is 0 Å². The Kier molecular flexibility index (Phi) is 4.37. The average Bonchev–Trinajstić information content (AvgIpc) is 2.42. The molecule has 98 valence electrons. The molecule has 2 rings (SSSR count). The van der Waals surface area contributed by atoms with Crippen molar-refractivity contribution in [3.8, 4) is 0 Å². The summed E-state index contributed by atoms with van der Waals surface area (Å²) in [5.41, 5.74) is 3.86. The summed E-state index contributed by atoms with van der Waals surface area (Å²) in [7, 11) is 1.99. The molecule has 0 saturated heterocycles. The molecule has 0 aliphatic carbocycles. The number of pyridine rings is 1. The molecule has 3 nitrogen and oxygen atoms in total. The zero-order valence-electron chi connectivity index (χ0n) is 11.6. The van der Waals surface area contributed by atoms with Gasteiger partial charge in [0.25, 0.3) is 0 Å². The predicted octanol–water partition coefficient (Wildman–Crippen LogP) is 2.91. The minimum absolute atomic E-state index is 0.363. The van der Waals surface area contributed by atoms with Crippen molar-refractivity contribution in [1.82, 2.24) is 10.3 Å². The Labute approximate surface area is 110 Å². The molecule has 1 atom stereocenters. The average molecular weight is 245 g/mol. The van der Waals surface area contributed by atoms with Crippen LogP contribution in [0.3, 0.4) is 0 Å². The van der Waals surface area contributed by atoms with Gasteiger partial charge in [0.2, 0.25) is 0 Å². The highest BCUT2D eigenvalue weighted by Gasteiger charge is 2.12. The molecule has 0 bridgehead atoms. The van der Waals surface area contributed by atoms with Crippen LogP contribution >= 0.6 is 0 Å². The lowest BCUT2D eigenvalue weighted by atomic mass is 10.1. The van der Waals surface area contributed by atoms with Crippen LogP contribution in [-0.4, -0.2) is 25.1 Å². The number of hydrogen-bond donors (Lipinski definition) is 1. The molecule has 18 heavy (non-hydrogen) atoms. The molecule has 1 aliphatic rings. The maximum atomic E-state index is 4.59. The molecule has 3 heteroatoms. The van der Waals surface area contributed by atoms with E-state index in [1.807, 2.05) is 13.2 Å². The molecule has 1 unspecified atom stereocenters. The second-order valence-corrected chi connectivity index (χ2v) is 4.94. The Morgan fingerprint density at radius 1 is 1.44 bits per heavy atom. The molecular weight excluding hydrogens is 222 g/mol. The number of hydrogen-bond acceptors (Lipinski definition) is 3. The van der Waals surface area contributed by atoms with Crippen LogP contribution in [0.25, 0.3) is 0 Å². The van der Waals surface area contributed by atoms with E-state index in [4.69, 9.17) is 0 Å². The summed E-state index contributed by atoms with van der Waals surface area (Å²) in [6, 6.07) is 4.70. The van der Waals surface area contributed by atoms with E-state index in [0.29, 0.717) is 6.04 Å². The van der Waals surface area contributed by atoms with Crippen LogP contribution in [0, 0.1) is 0 Å². The maximum absolute atomic E-state index is 4.59. The molecule has 2 heterocycles. The number of anilines is 1. The van der Waals surface area contributed by atoms with Crippen LogP contribution in [0.1, 0.15) is 38.4 Å². The molecule has 0 amide bonds. The monoisotopic (exact) mass is 245 g/mol. The number of aromatic nitrogens is 1. The summed E-state index contributed by atoms with van der Waals surface area (Å²) >= 11 is 0. The lowest BCUT2D eigenvalue weighted by Gasteiger charge is -2.27. The van der Waals surface area contributed by atoms with Gasteiger partial charge in [0.15, 0.2) is 0 Å². The fourth-order valence-electron chi connectivity index (χ4n) is 2.36. The molecule has 1 aromatic heterocycles. The van der Waals surface area contributed by atoms with Gasteiger partial charge in [0, 0.05) is 19.1 Å². The third-order valence-corrected chi connectivity index (χ3v) is 3.69. The van der Waals surface area contributed by atoms with Gasteiger partial charge in [-0.15, -0.1) is 0 Å². The van der Waals surface area contributed by atoms with E-state index in [-0.39, 0.29) is 0 Å². The van der Waals surface area contributed by atoms with E-state index in [2.05, 4.69) is 47.3 Å². The van der Waals surface area contributed by atoms with Crippen molar-refractivity contribution in [1.29, 1.82) is 0 Å². The first kappa shape index (κ1) is 13.1. The molecular formula is C15H23N3. The summed E-state index contributed by atoms with van der Waals surface area (Å²) in [6.07, 6.45) is 6.54. The van der Waals surface area contributed by atoms with E-state index in [1.165, 1.54) is 11.3 Å². The highest BCUT2D eigenvalue weighted by atomic mass is 15.1. The molecule has 0 saturated carbocycles. The maximum Gasteiger partial charge on any atom is 0.0574 e. The lowest BCUT2D eigenvalue weighted by Crippen LogP contribution is -2.28. The minimum Gasteiger partial charge on any atom is -0.366 e. The molecule has 0 spiro atoms. The first-order chi connectivity index (χ1) is 8.74. The van der Waals surface area contributed by atoms with Crippen molar-refractivity contribution in [2.24, 2.45) is 0 Å². The number of nitrogens with one attached hydrogen (secondary N) is 1. The van der Waals surface area contributed by atoms with Gasteiger partial charge < -0.3 is 10.2 Å². The quantitative estimate of drug-likeness (QED) is 0.827. The topological polar surface area (TPSA) is 28.2 Å². The smallest absolute Gasteiger partial charge is 0.0574 e. The molecule has 1 N–H and O–H groups in total. The second-order valence-electron chi connectivity index (χ2n) is 4.94. The molecule has 1 aliphatic heterocycles. The molecule has 0 fully saturated rings. The Hall–Kier alpha value is -1.35. The van der Waals surface area contributed by atoms with E-state index < -0.39 is 0 Å². The van der Waals surface area contributed by atoms with Gasteiger partial charge in [-0.3, -0.25) is 4.98 Å². The van der Waals surface area contributed by atoms with Gasteiger partial charge in [-0.1, -0.05) is 18.6 Å². The van der Waals surface area contributed by atoms with Crippen molar-refractivity contribution >= 4 is 5.69 Å². The second kappa shape index (κ2) is 6.01. The fourth-order valence-corrected chi connectivity index (χ4v) is 2.36. The SMILES string of the molecule is CCC(NC)c1ccc(N2CC=C(C)CC2)cn1. The van der Waals surface area contributed by atoms with Crippen molar-refractivity contribution < 1.29 is 0 Å². The highest BCUT2D eigenvalue weighted by Crippen LogP contribution is 2.21. The Morgan fingerprint density at radius 3 is 2.78 bits per heavy atom. The van der Waals surface area contributed by atoms with Crippen molar-refractivity contribution in [2.45, 2.75) is 32.7 Å². The summed E-state index contributed by atoms with van der Waals surface area (Å²) in [4.78, 5) is 6.97. The van der Waals surface area contributed by atoms with Gasteiger partial charge >= 0.3 is 0 Å². The number of nitrogens with zero attached hydrogens (tertiary/aromatic N) is 2. The zero-order valence-corrected chi connectivity index (χ0v) is 11.6. The first-order valence-electron chi connectivity index (χ1n) is 6.78. The van der Waals surface area contributed by atoms with E-state index in [0.717, 1.165) is 31.6 Å². The van der Waals surface area contributed by atoms with Gasteiger partial charge in [0.1, 0.15) is 0 Å². The van der Waals surface area contributed by atoms with E-state index in [1.54, 1.807) is 0 Å². The summed E-state index contributed by atoms with van der Waals surface area (Å²) in [5.74, 6) is 0. The van der Waals surface area contributed by atoms with Crippen LogP contribution in [0.15, 0.2) is 30.0 Å². The summed E-state index contributed by atoms with van der Waals surface area (Å²) in [5, 5.41) is 3.29. The van der Waals surface area contributed by atoms with Gasteiger partial charge in [-0.05, 0) is 38.9 Å². The van der Waals surface area contributed by atoms with Crippen LogP contribution in [0.4, 0.5) is 5.69 Å². The van der Waals surface area contributed by atoms with Crippen LogP contribution in [0.5, 0.6) is 0 Å². The van der Waals surface area contributed by atoms with Crippen LogP contribution in [0.2, 0.25) is 0 Å². The van der Waals surface area contributed by atoms with Crippen molar-refractivity contribution in [3.05, 3.63) is 35.7 Å². The third-order valence-electron chi connectivity index (χ3n) is 3.69. The number of rotatable bonds is 4. The zero-order chi connectivity index (χ0) is 13.0. The van der Waals surface area contributed by atoms with Crippen molar-refractivity contribution in [2.75, 3.05) is 25.0 Å². The van der Waals surface area contributed by atoms with Gasteiger partial charge in [0.05, 0.1) is 17.6 Å². The molecule has 1 aromatic rings. The van der Waals surface area contributed by atoms with E-state index in [9.17, 15) is 0 Å². The molecule has 0 aromatic carbocycles. The van der Waals surface area contributed by atoms with Crippen molar-refractivity contribution in [3.63, 3.8) is 0 Å². The van der Waals surface area contributed by atoms with E-state index >= 15 is 0 Å². The van der Waals surface area contributed by atoms with Gasteiger partial charge in [-0.25, -0.2) is 0 Å². The molecule has 0 radical (unpaired) electrons.